The Morgan fingerprint density at radius 2 is 2.18 bits per heavy atom. The Bertz CT molecular complexity index is 154. The van der Waals surface area contributed by atoms with Gasteiger partial charge in [-0.15, -0.1) is 0 Å². The van der Waals surface area contributed by atoms with Crippen molar-refractivity contribution >= 4 is 5.97 Å². The smallest absolute Gasteiger partial charge is 0.307 e. The van der Waals surface area contributed by atoms with Gasteiger partial charge in [0.1, 0.15) is 0 Å². The normalized spacial score (nSPS) is 35.3. The number of hydrogen-bond donors (Lipinski definition) is 1. The maximum absolute atomic E-state index is 10.5. The van der Waals surface area contributed by atoms with E-state index in [4.69, 9.17) is 5.11 Å². The quantitative estimate of drug-likeness (QED) is 0.677. The first-order valence-electron chi connectivity index (χ1n) is 4.41. The average Bonchev–Trinajstić information content (AvgIpc) is 2.57. The van der Waals surface area contributed by atoms with E-state index >= 15 is 0 Å². The Morgan fingerprint density at radius 1 is 1.55 bits per heavy atom. The number of rotatable bonds is 4. The molecular formula is C9H16O2. The summed E-state index contributed by atoms with van der Waals surface area (Å²) in [6, 6.07) is 0. The van der Waals surface area contributed by atoms with Crippen molar-refractivity contribution < 1.29 is 9.90 Å². The van der Waals surface area contributed by atoms with Crippen molar-refractivity contribution in [3.63, 3.8) is 0 Å². The molecule has 0 spiro atoms. The molecule has 1 aliphatic rings. The molecule has 0 aromatic carbocycles. The number of unbranched alkanes of at least 4 members (excludes halogenated alkanes) is 1. The van der Waals surface area contributed by atoms with Crippen molar-refractivity contribution in [2.24, 2.45) is 17.8 Å². The Labute approximate surface area is 67.6 Å². The minimum absolute atomic E-state index is 0.0263. The van der Waals surface area contributed by atoms with E-state index in [0.29, 0.717) is 11.8 Å². The lowest BCUT2D eigenvalue weighted by Crippen LogP contribution is -1.99. The molecule has 2 nitrogen and oxygen atoms in total. The molecule has 64 valence electrons. The molecule has 1 rings (SSSR count). The molecule has 3 unspecified atom stereocenters. The van der Waals surface area contributed by atoms with Crippen LogP contribution in [0.5, 0.6) is 0 Å². The lowest BCUT2D eigenvalue weighted by Gasteiger charge is -1.93. The molecule has 11 heavy (non-hydrogen) atoms. The lowest BCUT2D eigenvalue weighted by molar-refractivity contribution is -0.139. The van der Waals surface area contributed by atoms with Gasteiger partial charge in [0.2, 0.25) is 0 Å². The standard InChI is InChI=1S/C9H16O2/c1-3-4-5-7-6(2)8(7)9(10)11/h6-8H,3-5H2,1-2H3,(H,10,11). The van der Waals surface area contributed by atoms with Crippen LogP contribution < -0.4 is 0 Å². The number of carbonyl (C=O) groups is 1. The van der Waals surface area contributed by atoms with Crippen molar-refractivity contribution in [3.05, 3.63) is 0 Å². The highest BCUT2D eigenvalue weighted by Crippen LogP contribution is 2.49. The van der Waals surface area contributed by atoms with E-state index in [1.54, 1.807) is 0 Å². The first-order chi connectivity index (χ1) is 5.18. The van der Waals surface area contributed by atoms with Gasteiger partial charge in [-0.3, -0.25) is 4.79 Å². The Kier molecular flexibility index (Phi) is 2.53. The van der Waals surface area contributed by atoms with E-state index in [-0.39, 0.29) is 5.92 Å². The molecular weight excluding hydrogens is 140 g/mol. The molecule has 1 saturated carbocycles. The topological polar surface area (TPSA) is 37.3 Å². The average molecular weight is 156 g/mol. The van der Waals surface area contributed by atoms with Crippen LogP contribution in [0.25, 0.3) is 0 Å². The number of carboxylic acid groups (broad SMARTS) is 1. The third-order valence-corrected chi connectivity index (χ3v) is 2.74. The van der Waals surface area contributed by atoms with Crippen LogP contribution in [0, 0.1) is 17.8 Å². The Balaban J connectivity index is 2.24. The van der Waals surface area contributed by atoms with Gasteiger partial charge >= 0.3 is 5.97 Å². The highest BCUT2D eigenvalue weighted by molar-refractivity contribution is 5.74. The minimum atomic E-state index is -0.599. The molecule has 1 aliphatic carbocycles. The maximum Gasteiger partial charge on any atom is 0.307 e. The summed E-state index contributed by atoms with van der Waals surface area (Å²) in [6.07, 6.45) is 3.46. The van der Waals surface area contributed by atoms with Crippen LogP contribution in [0.1, 0.15) is 33.1 Å². The zero-order valence-corrected chi connectivity index (χ0v) is 7.21. The van der Waals surface area contributed by atoms with Gasteiger partial charge in [-0.25, -0.2) is 0 Å². The minimum Gasteiger partial charge on any atom is -0.481 e. The highest BCUT2D eigenvalue weighted by atomic mass is 16.4. The van der Waals surface area contributed by atoms with Crippen molar-refractivity contribution in [3.8, 4) is 0 Å². The fourth-order valence-electron chi connectivity index (χ4n) is 1.84. The van der Waals surface area contributed by atoms with Gasteiger partial charge in [0.25, 0.3) is 0 Å². The fourth-order valence-corrected chi connectivity index (χ4v) is 1.84. The molecule has 0 aromatic rings. The second kappa shape index (κ2) is 3.24. The first kappa shape index (κ1) is 8.57. The first-order valence-corrected chi connectivity index (χ1v) is 4.41. The van der Waals surface area contributed by atoms with Crippen LogP contribution in [0.15, 0.2) is 0 Å². The number of aliphatic carboxylic acids is 1. The van der Waals surface area contributed by atoms with Crippen molar-refractivity contribution in [1.29, 1.82) is 0 Å². The highest BCUT2D eigenvalue weighted by Gasteiger charge is 2.50. The summed E-state index contributed by atoms with van der Waals surface area (Å²) in [5, 5.41) is 8.69. The lowest BCUT2D eigenvalue weighted by atomic mass is 10.1. The molecule has 0 bridgehead atoms. The number of carboxylic acids is 1. The van der Waals surface area contributed by atoms with Gasteiger partial charge in [0, 0.05) is 0 Å². The van der Waals surface area contributed by atoms with Gasteiger partial charge in [0.05, 0.1) is 5.92 Å². The predicted octanol–water partition coefficient (Wildman–Crippen LogP) is 2.14. The van der Waals surface area contributed by atoms with Crippen LogP contribution in [-0.4, -0.2) is 11.1 Å². The molecule has 2 heteroatoms. The largest absolute Gasteiger partial charge is 0.481 e. The van der Waals surface area contributed by atoms with Gasteiger partial charge in [-0.1, -0.05) is 26.7 Å². The zero-order valence-electron chi connectivity index (χ0n) is 7.21. The van der Waals surface area contributed by atoms with Gasteiger partial charge in [-0.05, 0) is 18.3 Å². The van der Waals surface area contributed by atoms with E-state index in [1.165, 1.54) is 12.8 Å². The second-order valence-electron chi connectivity index (χ2n) is 3.53. The summed E-state index contributed by atoms with van der Waals surface area (Å²) in [5.41, 5.74) is 0. The summed E-state index contributed by atoms with van der Waals surface area (Å²) < 4.78 is 0. The molecule has 0 aliphatic heterocycles. The summed E-state index contributed by atoms with van der Waals surface area (Å²) in [4.78, 5) is 10.5. The molecule has 3 atom stereocenters. The van der Waals surface area contributed by atoms with Crippen LogP contribution in [0.3, 0.4) is 0 Å². The van der Waals surface area contributed by atoms with Gasteiger partial charge in [0.15, 0.2) is 0 Å². The van der Waals surface area contributed by atoms with E-state index in [2.05, 4.69) is 6.92 Å². The summed E-state index contributed by atoms with van der Waals surface area (Å²) in [6.45, 7) is 4.18. The SMILES string of the molecule is CCCCC1C(C)C1C(=O)O. The molecule has 1 fully saturated rings. The molecule has 0 saturated heterocycles. The fraction of sp³-hybridized carbons (Fsp3) is 0.889. The van der Waals surface area contributed by atoms with Crippen molar-refractivity contribution in [2.45, 2.75) is 33.1 Å². The Morgan fingerprint density at radius 3 is 2.55 bits per heavy atom. The third kappa shape index (κ3) is 1.73. The predicted molar refractivity (Wildman–Crippen MR) is 43.3 cm³/mol. The van der Waals surface area contributed by atoms with Crippen molar-refractivity contribution in [2.75, 3.05) is 0 Å². The summed E-state index contributed by atoms with van der Waals surface area (Å²) in [5.74, 6) is 0.284. The molecule has 0 amide bonds. The molecule has 0 aromatic heterocycles. The van der Waals surface area contributed by atoms with E-state index in [0.717, 1.165) is 6.42 Å². The van der Waals surface area contributed by atoms with Crippen LogP contribution in [-0.2, 0) is 4.79 Å². The number of hydrogen-bond acceptors (Lipinski definition) is 1. The van der Waals surface area contributed by atoms with Gasteiger partial charge in [-0.2, -0.15) is 0 Å². The van der Waals surface area contributed by atoms with Crippen molar-refractivity contribution in [1.82, 2.24) is 0 Å². The second-order valence-corrected chi connectivity index (χ2v) is 3.53. The van der Waals surface area contributed by atoms with Crippen LogP contribution in [0.4, 0.5) is 0 Å². The van der Waals surface area contributed by atoms with Crippen LogP contribution >= 0.6 is 0 Å². The maximum atomic E-state index is 10.5. The van der Waals surface area contributed by atoms with Gasteiger partial charge < -0.3 is 5.11 Å². The van der Waals surface area contributed by atoms with E-state index in [1.807, 2.05) is 6.92 Å². The molecule has 1 N–H and O–H groups in total. The monoisotopic (exact) mass is 156 g/mol. The third-order valence-electron chi connectivity index (χ3n) is 2.74. The molecule has 0 heterocycles. The summed E-state index contributed by atoms with van der Waals surface area (Å²) in [7, 11) is 0. The summed E-state index contributed by atoms with van der Waals surface area (Å²) >= 11 is 0. The Hall–Kier alpha value is -0.530. The van der Waals surface area contributed by atoms with Crippen LogP contribution in [0.2, 0.25) is 0 Å². The zero-order chi connectivity index (χ0) is 8.43. The van der Waals surface area contributed by atoms with E-state index < -0.39 is 5.97 Å². The molecule has 0 radical (unpaired) electrons. The van der Waals surface area contributed by atoms with E-state index in [9.17, 15) is 4.79 Å².